The van der Waals surface area contributed by atoms with E-state index in [2.05, 4.69) is 0 Å². The maximum absolute atomic E-state index is 11.9. The van der Waals surface area contributed by atoms with Gasteiger partial charge in [-0.05, 0) is 23.3 Å². The molecule has 0 aliphatic heterocycles. The molecule has 0 saturated carbocycles. The molecule has 0 bridgehead atoms. The van der Waals surface area contributed by atoms with Crippen molar-refractivity contribution < 1.29 is 14.3 Å². The largest absolute Gasteiger partial charge is 0.462 e. The van der Waals surface area contributed by atoms with Gasteiger partial charge < -0.3 is 9.47 Å². The summed E-state index contributed by atoms with van der Waals surface area (Å²) in [5.41, 5.74) is 2.69. The second-order valence-corrected chi connectivity index (χ2v) is 4.50. The molecular weight excluding hydrogens is 252 g/mol. The van der Waals surface area contributed by atoms with Crippen LogP contribution in [0.5, 0.6) is 0 Å². The molecule has 3 nitrogen and oxygen atoms in total. The molecule has 0 fully saturated rings. The summed E-state index contributed by atoms with van der Waals surface area (Å²) in [6.45, 7) is 0.877. The number of carbonyl (C=O) groups excluding carboxylic acids is 1. The van der Waals surface area contributed by atoms with Crippen molar-refractivity contribution >= 4 is 5.97 Å². The smallest absolute Gasteiger partial charge is 0.338 e. The Kier molecular flexibility index (Phi) is 5.33. The number of benzene rings is 2. The van der Waals surface area contributed by atoms with Crippen LogP contribution in [0.4, 0.5) is 0 Å². The molecule has 0 aromatic heterocycles. The van der Waals surface area contributed by atoms with E-state index in [4.69, 9.17) is 9.47 Å². The van der Waals surface area contributed by atoms with E-state index in [1.807, 2.05) is 42.5 Å². The predicted octanol–water partition coefficient (Wildman–Crippen LogP) is 3.23. The highest BCUT2D eigenvalue weighted by molar-refractivity contribution is 5.89. The van der Waals surface area contributed by atoms with Crippen molar-refractivity contribution in [3.05, 3.63) is 71.3 Å². The number of hydrogen-bond donors (Lipinski definition) is 0. The average molecular weight is 270 g/mol. The fraction of sp³-hybridized carbons (Fsp3) is 0.235. The van der Waals surface area contributed by atoms with Crippen LogP contribution >= 0.6 is 0 Å². The van der Waals surface area contributed by atoms with Crippen molar-refractivity contribution in [2.75, 3.05) is 13.7 Å². The number of carbonyl (C=O) groups is 1. The molecule has 104 valence electrons. The van der Waals surface area contributed by atoms with Crippen LogP contribution in [0.25, 0.3) is 0 Å². The summed E-state index contributed by atoms with van der Waals surface area (Å²) in [6.07, 6.45) is 0.727. The molecule has 0 atom stereocenters. The summed E-state index contributed by atoms with van der Waals surface area (Å²) in [4.78, 5) is 11.9. The second-order valence-electron chi connectivity index (χ2n) is 4.50. The SMILES string of the molecule is COCc1cccc(C(=O)OCCc2ccccc2)c1. The maximum atomic E-state index is 11.9. The first-order valence-electron chi connectivity index (χ1n) is 6.58. The Labute approximate surface area is 119 Å². The molecule has 0 radical (unpaired) electrons. The lowest BCUT2D eigenvalue weighted by Gasteiger charge is -2.06. The molecule has 3 heteroatoms. The van der Waals surface area contributed by atoms with E-state index in [0.29, 0.717) is 18.8 Å². The Bertz CT molecular complexity index is 549. The van der Waals surface area contributed by atoms with Gasteiger partial charge in [-0.3, -0.25) is 0 Å². The summed E-state index contributed by atoms with van der Waals surface area (Å²) in [7, 11) is 1.63. The third-order valence-electron chi connectivity index (χ3n) is 2.94. The first kappa shape index (κ1) is 14.3. The quantitative estimate of drug-likeness (QED) is 0.756. The summed E-state index contributed by atoms with van der Waals surface area (Å²) in [5.74, 6) is -0.293. The van der Waals surface area contributed by atoms with Gasteiger partial charge in [0.15, 0.2) is 0 Å². The van der Waals surface area contributed by atoms with Crippen molar-refractivity contribution in [1.29, 1.82) is 0 Å². The van der Waals surface area contributed by atoms with Crippen LogP contribution in [0.3, 0.4) is 0 Å². The number of ether oxygens (including phenoxy) is 2. The zero-order valence-electron chi connectivity index (χ0n) is 11.5. The molecule has 0 saturated heterocycles. The lowest BCUT2D eigenvalue weighted by Crippen LogP contribution is -2.08. The molecule has 2 aromatic rings. The summed E-state index contributed by atoms with van der Waals surface area (Å²) < 4.78 is 10.3. The number of hydrogen-bond acceptors (Lipinski definition) is 3. The number of rotatable bonds is 6. The predicted molar refractivity (Wildman–Crippen MR) is 77.6 cm³/mol. The van der Waals surface area contributed by atoms with Gasteiger partial charge in [0.2, 0.25) is 0 Å². The van der Waals surface area contributed by atoms with Crippen molar-refractivity contribution in [2.24, 2.45) is 0 Å². The van der Waals surface area contributed by atoms with E-state index in [9.17, 15) is 4.79 Å². The standard InChI is InChI=1S/C17H18O3/c1-19-13-15-8-5-9-16(12-15)17(18)20-11-10-14-6-3-2-4-7-14/h2-9,12H,10-11,13H2,1H3. The van der Waals surface area contributed by atoms with E-state index in [1.54, 1.807) is 19.2 Å². The second kappa shape index (κ2) is 7.46. The molecule has 0 amide bonds. The fourth-order valence-corrected chi connectivity index (χ4v) is 1.94. The van der Waals surface area contributed by atoms with Gasteiger partial charge in [-0.1, -0.05) is 42.5 Å². The van der Waals surface area contributed by atoms with E-state index >= 15 is 0 Å². The lowest BCUT2D eigenvalue weighted by molar-refractivity contribution is 0.0509. The molecule has 0 N–H and O–H groups in total. The van der Waals surface area contributed by atoms with Gasteiger partial charge in [0.1, 0.15) is 0 Å². The Morgan fingerprint density at radius 1 is 1.00 bits per heavy atom. The number of esters is 1. The van der Waals surface area contributed by atoms with Crippen molar-refractivity contribution in [3.8, 4) is 0 Å². The van der Waals surface area contributed by atoms with E-state index < -0.39 is 0 Å². The van der Waals surface area contributed by atoms with Gasteiger partial charge in [0.25, 0.3) is 0 Å². The molecule has 20 heavy (non-hydrogen) atoms. The first-order valence-corrected chi connectivity index (χ1v) is 6.58. The molecular formula is C17H18O3. The van der Waals surface area contributed by atoms with Crippen LogP contribution in [0, 0.1) is 0 Å². The lowest BCUT2D eigenvalue weighted by atomic mass is 10.1. The van der Waals surface area contributed by atoms with Crippen LogP contribution in [0.2, 0.25) is 0 Å². The Morgan fingerprint density at radius 2 is 1.75 bits per heavy atom. The molecule has 2 rings (SSSR count). The maximum Gasteiger partial charge on any atom is 0.338 e. The van der Waals surface area contributed by atoms with Crippen LogP contribution < -0.4 is 0 Å². The van der Waals surface area contributed by atoms with Crippen molar-refractivity contribution in [3.63, 3.8) is 0 Å². The minimum Gasteiger partial charge on any atom is -0.462 e. The molecule has 0 heterocycles. The Hall–Kier alpha value is -2.13. The van der Waals surface area contributed by atoms with Gasteiger partial charge in [-0.15, -0.1) is 0 Å². The topological polar surface area (TPSA) is 35.5 Å². The van der Waals surface area contributed by atoms with Gasteiger partial charge in [-0.2, -0.15) is 0 Å². The van der Waals surface area contributed by atoms with E-state index in [-0.39, 0.29) is 5.97 Å². The average Bonchev–Trinajstić information content (AvgIpc) is 2.49. The van der Waals surface area contributed by atoms with Gasteiger partial charge >= 0.3 is 5.97 Å². The van der Waals surface area contributed by atoms with Crippen LogP contribution in [-0.2, 0) is 22.5 Å². The summed E-state index contributed by atoms with van der Waals surface area (Å²) in [5, 5.41) is 0. The van der Waals surface area contributed by atoms with Gasteiger partial charge in [-0.25, -0.2) is 4.79 Å². The summed E-state index contributed by atoms with van der Waals surface area (Å²) >= 11 is 0. The third kappa shape index (κ3) is 4.21. The molecule has 0 aliphatic carbocycles. The normalized spacial score (nSPS) is 10.2. The molecule has 2 aromatic carbocycles. The summed E-state index contributed by atoms with van der Waals surface area (Å²) in [6, 6.07) is 17.3. The zero-order valence-corrected chi connectivity index (χ0v) is 11.5. The van der Waals surface area contributed by atoms with E-state index in [1.165, 1.54) is 0 Å². The van der Waals surface area contributed by atoms with Gasteiger partial charge in [0.05, 0.1) is 18.8 Å². The Balaban J connectivity index is 1.87. The van der Waals surface area contributed by atoms with Crippen molar-refractivity contribution in [1.82, 2.24) is 0 Å². The van der Waals surface area contributed by atoms with Crippen molar-refractivity contribution in [2.45, 2.75) is 13.0 Å². The van der Waals surface area contributed by atoms with Gasteiger partial charge in [0, 0.05) is 13.5 Å². The Morgan fingerprint density at radius 3 is 2.50 bits per heavy atom. The zero-order chi connectivity index (χ0) is 14.2. The highest BCUT2D eigenvalue weighted by Crippen LogP contribution is 2.08. The minimum atomic E-state index is -0.293. The highest BCUT2D eigenvalue weighted by Gasteiger charge is 2.07. The molecule has 0 unspecified atom stereocenters. The monoisotopic (exact) mass is 270 g/mol. The number of methoxy groups -OCH3 is 1. The fourth-order valence-electron chi connectivity index (χ4n) is 1.94. The first-order chi connectivity index (χ1) is 9.79. The van der Waals surface area contributed by atoms with Crippen LogP contribution in [0.15, 0.2) is 54.6 Å². The van der Waals surface area contributed by atoms with E-state index in [0.717, 1.165) is 17.5 Å². The van der Waals surface area contributed by atoms with Crippen LogP contribution in [-0.4, -0.2) is 19.7 Å². The molecule has 0 aliphatic rings. The minimum absolute atomic E-state index is 0.293. The molecule has 0 spiro atoms. The third-order valence-corrected chi connectivity index (χ3v) is 2.94. The van der Waals surface area contributed by atoms with Crippen LogP contribution in [0.1, 0.15) is 21.5 Å². The highest BCUT2D eigenvalue weighted by atomic mass is 16.5.